The predicted octanol–water partition coefficient (Wildman–Crippen LogP) is 0.461. The molecule has 18 heavy (non-hydrogen) atoms. The van der Waals surface area contributed by atoms with Gasteiger partial charge in [0.2, 0.25) is 5.91 Å². The SMILES string of the molecule is CCN(CC(N)=O)Cc1cc(CN)ccc1OC. The van der Waals surface area contributed by atoms with Crippen molar-refractivity contribution in [2.45, 2.75) is 20.0 Å². The van der Waals surface area contributed by atoms with E-state index in [1.807, 2.05) is 30.0 Å². The van der Waals surface area contributed by atoms with Crippen molar-refractivity contribution >= 4 is 5.91 Å². The molecular formula is C13H21N3O2. The van der Waals surface area contributed by atoms with Crippen LogP contribution in [0.2, 0.25) is 0 Å². The van der Waals surface area contributed by atoms with Crippen molar-refractivity contribution in [1.82, 2.24) is 4.90 Å². The summed E-state index contributed by atoms with van der Waals surface area (Å²) in [6.45, 7) is 4.09. The Morgan fingerprint density at radius 1 is 1.44 bits per heavy atom. The van der Waals surface area contributed by atoms with Gasteiger partial charge >= 0.3 is 0 Å². The van der Waals surface area contributed by atoms with Gasteiger partial charge in [-0.05, 0) is 24.2 Å². The molecule has 0 saturated carbocycles. The Balaban J connectivity index is 2.88. The van der Waals surface area contributed by atoms with Gasteiger partial charge in [-0.1, -0.05) is 13.0 Å². The third-order valence-electron chi connectivity index (χ3n) is 2.80. The molecule has 0 aliphatic carbocycles. The molecule has 0 aliphatic rings. The summed E-state index contributed by atoms with van der Waals surface area (Å²) in [7, 11) is 1.63. The predicted molar refractivity (Wildman–Crippen MR) is 71.0 cm³/mol. The van der Waals surface area contributed by atoms with Gasteiger partial charge in [-0.25, -0.2) is 0 Å². The second-order valence-electron chi connectivity index (χ2n) is 4.12. The zero-order valence-electron chi connectivity index (χ0n) is 11.0. The van der Waals surface area contributed by atoms with Crippen molar-refractivity contribution < 1.29 is 9.53 Å². The third kappa shape index (κ3) is 4.01. The van der Waals surface area contributed by atoms with Crippen molar-refractivity contribution in [3.8, 4) is 5.75 Å². The van der Waals surface area contributed by atoms with Gasteiger partial charge in [-0.3, -0.25) is 9.69 Å². The zero-order valence-corrected chi connectivity index (χ0v) is 11.0. The van der Waals surface area contributed by atoms with Crippen molar-refractivity contribution in [2.75, 3.05) is 20.2 Å². The molecule has 0 bridgehead atoms. The highest BCUT2D eigenvalue weighted by molar-refractivity contribution is 5.75. The van der Waals surface area contributed by atoms with Gasteiger partial charge in [0.15, 0.2) is 0 Å². The molecule has 0 heterocycles. The van der Waals surface area contributed by atoms with Crippen LogP contribution < -0.4 is 16.2 Å². The quantitative estimate of drug-likeness (QED) is 0.737. The van der Waals surface area contributed by atoms with Crippen LogP contribution in [-0.2, 0) is 17.9 Å². The molecule has 0 spiro atoms. The lowest BCUT2D eigenvalue weighted by molar-refractivity contribution is -0.119. The first-order valence-electron chi connectivity index (χ1n) is 5.97. The van der Waals surface area contributed by atoms with Crippen LogP contribution in [0.4, 0.5) is 0 Å². The highest BCUT2D eigenvalue weighted by Gasteiger charge is 2.11. The van der Waals surface area contributed by atoms with Gasteiger partial charge in [-0.2, -0.15) is 0 Å². The zero-order chi connectivity index (χ0) is 13.5. The smallest absolute Gasteiger partial charge is 0.231 e. The van der Waals surface area contributed by atoms with Crippen LogP contribution in [0.25, 0.3) is 0 Å². The Labute approximate surface area is 108 Å². The summed E-state index contributed by atoms with van der Waals surface area (Å²) in [4.78, 5) is 12.9. The Morgan fingerprint density at radius 3 is 2.67 bits per heavy atom. The summed E-state index contributed by atoms with van der Waals surface area (Å²) < 4.78 is 5.31. The molecule has 100 valence electrons. The van der Waals surface area contributed by atoms with Crippen LogP contribution in [-0.4, -0.2) is 31.0 Å². The summed E-state index contributed by atoms with van der Waals surface area (Å²) in [5, 5.41) is 0. The molecule has 0 radical (unpaired) electrons. The Hall–Kier alpha value is -1.59. The van der Waals surface area contributed by atoms with E-state index < -0.39 is 0 Å². The molecule has 1 aromatic carbocycles. The fraction of sp³-hybridized carbons (Fsp3) is 0.462. The number of carbonyl (C=O) groups is 1. The van der Waals surface area contributed by atoms with E-state index in [0.29, 0.717) is 13.1 Å². The molecule has 1 amide bonds. The summed E-state index contributed by atoms with van der Waals surface area (Å²) in [5.41, 5.74) is 12.9. The Bertz CT molecular complexity index is 407. The number of nitrogens with zero attached hydrogens (tertiary/aromatic N) is 1. The van der Waals surface area contributed by atoms with Crippen LogP contribution in [0.5, 0.6) is 5.75 Å². The maximum absolute atomic E-state index is 11.0. The first-order valence-corrected chi connectivity index (χ1v) is 5.97. The number of likely N-dealkylation sites (N-methyl/N-ethyl adjacent to an activating group) is 1. The van der Waals surface area contributed by atoms with E-state index in [4.69, 9.17) is 16.2 Å². The van der Waals surface area contributed by atoms with Crippen LogP contribution >= 0.6 is 0 Å². The minimum absolute atomic E-state index is 0.243. The first-order chi connectivity index (χ1) is 8.60. The van der Waals surface area contributed by atoms with E-state index in [1.165, 1.54) is 0 Å². The molecule has 0 aliphatic heterocycles. The van der Waals surface area contributed by atoms with Gasteiger partial charge in [0.05, 0.1) is 13.7 Å². The lowest BCUT2D eigenvalue weighted by Crippen LogP contribution is -2.33. The van der Waals surface area contributed by atoms with E-state index in [0.717, 1.165) is 23.4 Å². The number of methoxy groups -OCH3 is 1. The molecule has 0 aromatic heterocycles. The molecule has 5 nitrogen and oxygen atoms in total. The van der Waals surface area contributed by atoms with Gasteiger partial charge < -0.3 is 16.2 Å². The van der Waals surface area contributed by atoms with Crippen LogP contribution in [0.3, 0.4) is 0 Å². The molecule has 1 rings (SSSR count). The molecule has 0 atom stereocenters. The van der Waals surface area contributed by atoms with Crippen LogP contribution in [0, 0.1) is 0 Å². The number of hydrogen-bond acceptors (Lipinski definition) is 4. The third-order valence-corrected chi connectivity index (χ3v) is 2.80. The van der Waals surface area contributed by atoms with Crippen molar-refractivity contribution in [2.24, 2.45) is 11.5 Å². The number of rotatable bonds is 7. The van der Waals surface area contributed by atoms with Crippen LogP contribution in [0.15, 0.2) is 18.2 Å². The topological polar surface area (TPSA) is 81.6 Å². The number of carbonyl (C=O) groups excluding carboxylic acids is 1. The number of benzene rings is 1. The summed E-state index contributed by atoms with van der Waals surface area (Å²) >= 11 is 0. The van der Waals surface area contributed by atoms with Gasteiger partial charge in [0.25, 0.3) is 0 Å². The molecule has 0 unspecified atom stereocenters. The molecule has 1 aromatic rings. The molecular weight excluding hydrogens is 230 g/mol. The number of nitrogens with two attached hydrogens (primary N) is 2. The number of primary amides is 1. The van der Waals surface area contributed by atoms with Gasteiger partial charge in [-0.15, -0.1) is 0 Å². The minimum atomic E-state index is -0.328. The average Bonchev–Trinajstić information content (AvgIpc) is 2.37. The maximum atomic E-state index is 11.0. The Morgan fingerprint density at radius 2 is 2.17 bits per heavy atom. The van der Waals surface area contributed by atoms with E-state index >= 15 is 0 Å². The largest absolute Gasteiger partial charge is 0.496 e. The first kappa shape index (κ1) is 14.5. The highest BCUT2D eigenvalue weighted by atomic mass is 16.5. The number of ether oxygens (including phenoxy) is 1. The van der Waals surface area contributed by atoms with Crippen LogP contribution in [0.1, 0.15) is 18.1 Å². The number of hydrogen-bond donors (Lipinski definition) is 2. The molecule has 4 N–H and O–H groups in total. The lowest BCUT2D eigenvalue weighted by atomic mass is 10.1. The average molecular weight is 251 g/mol. The van der Waals surface area contributed by atoms with E-state index in [1.54, 1.807) is 7.11 Å². The summed E-state index contributed by atoms with van der Waals surface area (Å²) in [5.74, 6) is 0.473. The minimum Gasteiger partial charge on any atom is -0.496 e. The monoisotopic (exact) mass is 251 g/mol. The van der Waals surface area contributed by atoms with Gasteiger partial charge in [0, 0.05) is 18.7 Å². The maximum Gasteiger partial charge on any atom is 0.231 e. The molecule has 0 saturated heterocycles. The normalized spacial score (nSPS) is 10.7. The lowest BCUT2D eigenvalue weighted by Gasteiger charge is -2.20. The second kappa shape index (κ2) is 6.98. The summed E-state index contributed by atoms with van der Waals surface area (Å²) in [6.07, 6.45) is 0. The molecule has 0 fully saturated rings. The molecule has 5 heteroatoms. The van der Waals surface area contributed by atoms with Crippen molar-refractivity contribution in [1.29, 1.82) is 0 Å². The van der Waals surface area contributed by atoms with E-state index in [2.05, 4.69) is 0 Å². The van der Waals surface area contributed by atoms with Crippen molar-refractivity contribution in [3.05, 3.63) is 29.3 Å². The standard InChI is InChI=1S/C13H21N3O2/c1-3-16(9-13(15)17)8-11-6-10(7-14)4-5-12(11)18-2/h4-6H,3,7-9,14H2,1-2H3,(H2,15,17). The Kier molecular flexibility index (Phi) is 5.61. The number of amides is 1. The fourth-order valence-corrected chi connectivity index (χ4v) is 1.82. The van der Waals surface area contributed by atoms with E-state index in [9.17, 15) is 4.79 Å². The van der Waals surface area contributed by atoms with Crippen molar-refractivity contribution in [3.63, 3.8) is 0 Å². The highest BCUT2D eigenvalue weighted by Crippen LogP contribution is 2.21. The fourth-order valence-electron chi connectivity index (χ4n) is 1.82. The summed E-state index contributed by atoms with van der Waals surface area (Å²) in [6, 6.07) is 5.84. The van der Waals surface area contributed by atoms with E-state index in [-0.39, 0.29) is 12.5 Å². The van der Waals surface area contributed by atoms with Gasteiger partial charge in [0.1, 0.15) is 5.75 Å². The second-order valence-corrected chi connectivity index (χ2v) is 4.12.